The van der Waals surface area contributed by atoms with Crippen LogP contribution in [0.3, 0.4) is 0 Å². The zero-order valence-electron chi connectivity index (χ0n) is 26.1. The fourth-order valence-corrected chi connectivity index (χ4v) is 7.34. The maximum Gasteiger partial charge on any atom is 0.201 e. The van der Waals surface area contributed by atoms with E-state index in [0.717, 1.165) is 49.8 Å². The van der Waals surface area contributed by atoms with Gasteiger partial charge in [-0.2, -0.15) is 0 Å². The second-order valence-corrected chi connectivity index (χ2v) is 12.7. The van der Waals surface area contributed by atoms with Crippen LogP contribution in [0.25, 0.3) is 0 Å². The molecule has 0 radical (unpaired) electrons. The van der Waals surface area contributed by atoms with Gasteiger partial charge in [0.25, 0.3) is 0 Å². The Hall–Kier alpha value is -3.24. The van der Waals surface area contributed by atoms with Gasteiger partial charge in [-0.3, -0.25) is 0 Å². The monoisotopic (exact) mass is 608 g/mol. The molecule has 9 nitrogen and oxygen atoms in total. The highest BCUT2D eigenvalue weighted by Gasteiger charge is 2.44. The maximum atomic E-state index is 11.4. The van der Waals surface area contributed by atoms with Crippen molar-refractivity contribution in [2.45, 2.75) is 89.1 Å². The van der Waals surface area contributed by atoms with Crippen molar-refractivity contribution in [1.82, 2.24) is 10.3 Å². The van der Waals surface area contributed by atoms with Crippen LogP contribution in [-0.2, 0) is 24.2 Å². The van der Waals surface area contributed by atoms with E-state index >= 15 is 0 Å². The summed E-state index contributed by atoms with van der Waals surface area (Å²) in [7, 11) is 3.40. The molecule has 1 saturated heterocycles. The van der Waals surface area contributed by atoms with Crippen molar-refractivity contribution in [3.8, 4) is 23.0 Å². The van der Waals surface area contributed by atoms with Gasteiger partial charge in [-0.1, -0.05) is 19.1 Å². The summed E-state index contributed by atoms with van der Waals surface area (Å²) < 4.78 is 12.4. The molecule has 5 rings (SSSR count). The second kappa shape index (κ2) is 14.2. The number of aromatic hydroxyl groups is 3. The van der Waals surface area contributed by atoms with Crippen LogP contribution in [0.1, 0.15) is 90.9 Å². The van der Waals surface area contributed by atoms with E-state index in [-0.39, 0.29) is 29.3 Å². The summed E-state index contributed by atoms with van der Waals surface area (Å²) >= 11 is 0. The molecule has 7 N–H and O–H groups in total. The zero-order chi connectivity index (χ0) is 31.4. The Bertz CT molecular complexity index is 1390. The number of H-pyrrole nitrogens is 1. The van der Waals surface area contributed by atoms with Crippen molar-refractivity contribution in [2.75, 3.05) is 20.7 Å². The molecule has 1 aromatic heterocycles. The Balaban J connectivity index is 1.41. The average molecular weight is 609 g/mol. The van der Waals surface area contributed by atoms with Crippen molar-refractivity contribution in [3.63, 3.8) is 0 Å². The highest BCUT2D eigenvalue weighted by atomic mass is 16.5. The SMILES string of the molecule is CNCCC(C)CCc1cc(C2CCC3C(O)CC(c4c(CO)c(O)c(O)c(OC)c4Cc4cc[nH]c4)OC3C2)ccc1O. The highest BCUT2D eigenvalue weighted by Crippen LogP contribution is 2.52. The van der Waals surface area contributed by atoms with E-state index in [2.05, 4.69) is 23.3 Å². The van der Waals surface area contributed by atoms with Crippen LogP contribution < -0.4 is 10.1 Å². The number of phenolic OH excluding ortho intramolecular Hbond substituents is 2. The molecule has 0 amide bonds. The van der Waals surface area contributed by atoms with E-state index in [1.165, 1.54) is 12.7 Å². The summed E-state index contributed by atoms with van der Waals surface area (Å²) in [6.45, 7) is 2.72. The van der Waals surface area contributed by atoms with Crippen LogP contribution >= 0.6 is 0 Å². The summed E-state index contributed by atoms with van der Waals surface area (Å²) in [5.74, 6) is 0.356. The number of rotatable bonds is 12. The first-order valence-corrected chi connectivity index (χ1v) is 15.9. The molecule has 44 heavy (non-hydrogen) atoms. The molecule has 240 valence electrons. The number of benzene rings is 2. The Morgan fingerprint density at radius 3 is 2.59 bits per heavy atom. The fourth-order valence-electron chi connectivity index (χ4n) is 7.34. The Kier molecular flexibility index (Phi) is 10.4. The Morgan fingerprint density at radius 1 is 1.07 bits per heavy atom. The summed E-state index contributed by atoms with van der Waals surface area (Å²) in [6.07, 6.45) is 8.22. The normalized spacial score (nSPS) is 24.2. The van der Waals surface area contributed by atoms with Crippen LogP contribution in [-0.4, -0.2) is 63.4 Å². The van der Waals surface area contributed by atoms with Crippen LogP contribution in [0.15, 0.2) is 36.7 Å². The number of aliphatic hydroxyl groups excluding tert-OH is 2. The minimum absolute atomic E-state index is 0.0228. The van der Waals surface area contributed by atoms with E-state index in [1.54, 1.807) is 6.07 Å². The smallest absolute Gasteiger partial charge is 0.201 e. The van der Waals surface area contributed by atoms with Gasteiger partial charge in [0, 0.05) is 42.3 Å². The molecule has 6 unspecified atom stereocenters. The third-order valence-electron chi connectivity index (χ3n) is 9.88. The van der Waals surface area contributed by atoms with Crippen LogP contribution in [0.5, 0.6) is 23.0 Å². The highest BCUT2D eigenvalue weighted by molar-refractivity contribution is 5.64. The van der Waals surface area contributed by atoms with Gasteiger partial charge in [-0.05, 0) is 98.3 Å². The molecule has 2 aromatic carbocycles. The van der Waals surface area contributed by atoms with Gasteiger partial charge in [0.2, 0.25) is 5.75 Å². The van der Waals surface area contributed by atoms with Gasteiger partial charge < -0.3 is 45.3 Å². The summed E-state index contributed by atoms with van der Waals surface area (Å²) in [6, 6.07) is 7.87. The molecule has 2 heterocycles. The van der Waals surface area contributed by atoms with Crippen molar-refractivity contribution in [1.29, 1.82) is 0 Å². The Morgan fingerprint density at radius 2 is 1.89 bits per heavy atom. The number of hydrogen-bond acceptors (Lipinski definition) is 8. The second-order valence-electron chi connectivity index (χ2n) is 12.7. The standard InChI is InChI=1S/C35H48N2O7/c1-20(10-12-36-2)4-5-24-15-22(7-9-28(24)39)23-6-8-25-29(40)17-31(44-30(25)16-23)32-26(14-21-11-13-37-18-21)35(43-3)34(42)33(41)27(32)19-38/h7,9,11,13,15,18,20,23,25,29-31,36-42H,4-6,8,10,12,14,16-17,19H2,1-3H3. The van der Waals surface area contributed by atoms with Crippen LogP contribution in [0.2, 0.25) is 0 Å². The number of nitrogens with one attached hydrogen (secondary N) is 2. The first kappa shape index (κ1) is 32.2. The van der Waals surface area contributed by atoms with E-state index in [4.69, 9.17) is 9.47 Å². The average Bonchev–Trinajstić information content (AvgIpc) is 3.54. The van der Waals surface area contributed by atoms with Crippen molar-refractivity contribution < 1.29 is 35.0 Å². The summed E-state index contributed by atoms with van der Waals surface area (Å²) in [5.41, 5.74) is 4.43. The van der Waals surface area contributed by atoms with E-state index in [9.17, 15) is 25.5 Å². The van der Waals surface area contributed by atoms with Crippen LogP contribution in [0.4, 0.5) is 0 Å². The topological polar surface area (TPSA) is 147 Å². The number of phenols is 3. The predicted molar refractivity (Wildman–Crippen MR) is 168 cm³/mol. The molecular weight excluding hydrogens is 560 g/mol. The molecular formula is C35H48N2O7. The molecule has 2 fully saturated rings. The molecule has 6 atom stereocenters. The summed E-state index contributed by atoms with van der Waals surface area (Å²) in [4.78, 5) is 3.04. The quantitative estimate of drug-likeness (QED) is 0.139. The number of aromatic amines is 1. The number of aryl methyl sites for hydroxylation is 1. The fraction of sp³-hybridized carbons (Fsp3) is 0.543. The number of ether oxygens (including phenoxy) is 2. The lowest BCUT2D eigenvalue weighted by Crippen LogP contribution is -2.44. The third-order valence-corrected chi connectivity index (χ3v) is 9.88. The van der Waals surface area contributed by atoms with Gasteiger partial charge in [0.1, 0.15) is 5.75 Å². The lowest BCUT2D eigenvalue weighted by molar-refractivity contribution is -0.154. The Labute approximate surface area is 259 Å². The number of fused-ring (bicyclic) bond motifs is 1. The van der Waals surface area contributed by atoms with E-state index in [0.29, 0.717) is 42.1 Å². The maximum absolute atomic E-state index is 11.4. The molecule has 0 spiro atoms. The molecule has 3 aromatic rings. The van der Waals surface area contributed by atoms with Gasteiger partial charge >= 0.3 is 0 Å². The van der Waals surface area contributed by atoms with Crippen molar-refractivity contribution in [3.05, 3.63) is 70.0 Å². The predicted octanol–water partition coefficient (Wildman–Crippen LogP) is 5.18. The molecule has 1 aliphatic carbocycles. The largest absolute Gasteiger partial charge is 0.508 e. The first-order valence-electron chi connectivity index (χ1n) is 15.9. The van der Waals surface area contributed by atoms with Crippen LogP contribution in [0, 0.1) is 11.8 Å². The number of methoxy groups -OCH3 is 1. The van der Waals surface area contributed by atoms with Crippen molar-refractivity contribution in [2.24, 2.45) is 11.8 Å². The molecule has 1 saturated carbocycles. The van der Waals surface area contributed by atoms with Gasteiger partial charge in [-0.15, -0.1) is 0 Å². The lowest BCUT2D eigenvalue weighted by atomic mass is 9.71. The molecule has 0 bridgehead atoms. The number of aliphatic hydroxyl groups is 2. The minimum Gasteiger partial charge on any atom is -0.508 e. The van der Waals surface area contributed by atoms with E-state index in [1.807, 2.05) is 31.6 Å². The number of aromatic nitrogens is 1. The van der Waals surface area contributed by atoms with Gasteiger partial charge in [0.15, 0.2) is 11.5 Å². The van der Waals surface area contributed by atoms with E-state index < -0.39 is 30.3 Å². The van der Waals surface area contributed by atoms with Gasteiger partial charge in [0.05, 0.1) is 32.0 Å². The lowest BCUT2D eigenvalue weighted by Gasteiger charge is -2.45. The molecule has 9 heteroatoms. The first-order chi connectivity index (χ1) is 21.2. The summed E-state index contributed by atoms with van der Waals surface area (Å²) in [5, 5.41) is 57.3. The molecule has 1 aliphatic heterocycles. The van der Waals surface area contributed by atoms with Crippen molar-refractivity contribution >= 4 is 0 Å². The van der Waals surface area contributed by atoms with Gasteiger partial charge in [-0.25, -0.2) is 0 Å². The number of hydrogen-bond donors (Lipinski definition) is 7. The third kappa shape index (κ3) is 6.71. The minimum atomic E-state index is -0.622. The molecule has 2 aliphatic rings. The zero-order valence-corrected chi connectivity index (χ0v) is 26.1.